The normalized spacial score (nSPS) is 22.5. The highest BCUT2D eigenvalue weighted by Gasteiger charge is 2.34. The summed E-state index contributed by atoms with van der Waals surface area (Å²) in [5.41, 5.74) is 7.22. The highest BCUT2D eigenvalue weighted by atomic mass is 16.2. The van der Waals surface area contributed by atoms with Gasteiger partial charge in [-0.2, -0.15) is 5.10 Å². The molecule has 1 aliphatic heterocycles. The van der Waals surface area contributed by atoms with Crippen LogP contribution < -0.4 is 5.73 Å². The van der Waals surface area contributed by atoms with Gasteiger partial charge in [0, 0.05) is 38.8 Å². The average molecular weight is 264 g/mol. The van der Waals surface area contributed by atoms with Gasteiger partial charge in [0.05, 0.1) is 6.20 Å². The molecule has 0 aliphatic carbocycles. The molecule has 0 spiro atoms. The van der Waals surface area contributed by atoms with Crippen molar-refractivity contribution in [2.75, 3.05) is 13.1 Å². The Morgan fingerprint density at radius 1 is 1.58 bits per heavy atom. The lowest BCUT2D eigenvalue weighted by molar-refractivity contribution is -0.134. The van der Waals surface area contributed by atoms with Crippen LogP contribution in [-0.4, -0.2) is 39.7 Å². The van der Waals surface area contributed by atoms with E-state index in [0.717, 1.165) is 31.5 Å². The first-order valence-electron chi connectivity index (χ1n) is 6.89. The highest BCUT2D eigenvalue weighted by molar-refractivity contribution is 5.76. The first-order chi connectivity index (χ1) is 8.88. The van der Waals surface area contributed by atoms with Crippen LogP contribution in [0.25, 0.3) is 0 Å². The Bertz CT molecular complexity index is 452. The minimum Gasteiger partial charge on any atom is -0.342 e. The Labute approximate surface area is 114 Å². The number of hydrogen-bond donors (Lipinski definition) is 1. The number of hydrogen-bond acceptors (Lipinski definition) is 3. The maximum atomic E-state index is 12.2. The van der Waals surface area contributed by atoms with Crippen molar-refractivity contribution < 1.29 is 4.79 Å². The molecule has 106 valence electrons. The van der Waals surface area contributed by atoms with Gasteiger partial charge < -0.3 is 10.6 Å². The van der Waals surface area contributed by atoms with Crippen LogP contribution >= 0.6 is 0 Å². The molecule has 5 nitrogen and oxygen atoms in total. The fraction of sp³-hybridized carbons (Fsp3) is 0.714. The zero-order valence-corrected chi connectivity index (χ0v) is 12.1. The van der Waals surface area contributed by atoms with Gasteiger partial charge in [0.1, 0.15) is 0 Å². The monoisotopic (exact) mass is 264 g/mol. The number of piperidine rings is 1. The van der Waals surface area contributed by atoms with Gasteiger partial charge in [-0.25, -0.2) is 0 Å². The van der Waals surface area contributed by atoms with Crippen molar-refractivity contribution in [1.29, 1.82) is 0 Å². The summed E-state index contributed by atoms with van der Waals surface area (Å²) in [6.45, 7) is 5.83. The molecule has 1 fully saturated rings. The summed E-state index contributed by atoms with van der Waals surface area (Å²) in [6.07, 6.45) is 5.99. The van der Waals surface area contributed by atoms with Gasteiger partial charge in [-0.05, 0) is 23.8 Å². The third kappa shape index (κ3) is 3.35. The molecule has 1 aromatic heterocycles. The maximum absolute atomic E-state index is 12.2. The molecular weight excluding hydrogens is 240 g/mol. The van der Waals surface area contributed by atoms with Gasteiger partial charge in [-0.15, -0.1) is 0 Å². The van der Waals surface area contributed by atoms with E-state index in [1.54, 1.807) is 4.68 Å². The molecule has 2 rings (SSSR count). The topological polar surface area (TPSA) is 64.2 Å². The third-order valence-corrected chi connectivity index (χ3v) is 4.05. The molecule has 0 saturated carbocycles. The van der Waals surface area contributed by atoms with Crippen molar-refractivity contribution in [3.8, 4) is 0 Å². The molecule has 0 radical (unpaired) electrons. The lowest BCUT2D eigenvalue weighted by Crippen LogP contribution is -2.54. The summed E-state index contributed by atoms with van der Waals surface area (Å²) >= 11 is 0. The molecule has 2 heterocycles. The maximum Gasteiger partial charge on any atom is 0.222 e. The van der Waals surface area contributed by atoms with Crippen LogP contribution in [0.3, 0.4) is 0 Å². The lowest BCUT2D eigenvalue weighted by atomic mass is 9.79. The minimum absolute atomic E-state index is 0.0161. The molecule has 1 amide bonds. The number of amides is 1. The van der Waals surface area contributed by atoms with Gasteiger partial charge in [0.25, 0.3) is 0 Å². The molecular formula is C14H24N4O. The first-order valence-corrected chi connectivity index (χ1v) is 6.89. The van der Waals surface area contributed by atoms with Gasteiger partial charge >= 0.3 is 0 Å². The standard InChI is InChI=1S/C14H24N4O/c1-14(2)10-18(7-6-12(14)15)13(19)5-4-11-8-16-17(3)9-11/h8-9,12H,4-7,10,15H2,1-3H3. The number of carbonyl (C=O) groups is 1. The molecule has 19 heavy (non-hydrogen) atoms. The van der Waals surface area contributed by atoms with Crippen LogP contribution in [0.15, 0.2) is 12.4 Å². The van der Waals surface area contributed by atoms with Crippen molar-refractivity contribution in [3.63, 3.8) is 0 Å². The van der Waals surface area contributed by atoms with E-state index < -0.39 is 0 Å². The Hall–Kier alpha value is -1.36. The van der Waals surface area contributed by atoms with Crippen molar-refractivity contribution in [3.05, 3.63) is 18.0 Å². The second-order valence-electron chi connectivity index (χ2n) is 6.22. The summed E-state index contributed by atoms with van der Waals surface area (Å²) in [7, 11) is 1.89. The van der Waals surface area contributed by atoms with Crippen molar-refractivity contribution >= 4 is 5.91 Å². The Kier molecular flexibility index (Phi) is 3.94. The van der Waals surface area contributed by atoms with Crippen LogP contribution in [0.5, 0.6) is 0 Å². The summed E-state index contributed by atoms with van der Waals surface area (Å²) in [6, 6.07) is 0.190. The van der Waals surface area contributed by atoms with Gasteiger partial charge in [0.15, 0.2) is 0 Å². The van der Waals surface area contributed by atoms with Crippen molar-refractivity contribution in [2.45, 2.75) is 39.2 Å². The van der Waals surface area contributed by atoms with E-state index in [4.69, 9.17) is 5.73 Å². The number of nitrogens with two attached hydrogens (primary N) is 1. The van der Waals surface area contributed by atoms with Gasteiger partial charge in [0.2, 0.25) is 5.91 Å². The predicted molar refractivity (Wildman–Crippen MR) is 74.5 cm³/mol. The summed E-state index contributed by atoms with van der Waals surface area (Å²) in [4.78, 5) is 14.2. The van der Waals surface area contributed by atoms with Crippen molar-refractivity contribution in [2.24, 2.45) is 18.2 Å². The largest absolute Gasteiger partial charge is 0.342 e. The number of rotatable bonds is 3. The summed E-state index contributed by atoms with van der Waals surface area (Å²) in [5, 5.41) is 4.12. The number of aromatic nitrogens is 2. The van der Waals surface area contributed by atoms with E-state index in [9.17, 15) is 4.79 Å². The lowest BCUT2D eigenvalue weighted by Gasteiger charge is -2.42. The number of carbonyl (C=O) groups excluding carboxylic acids is 1. The SMILES string of the molecule is Cn1cc(CCC(=O)N2CCC(N)C(C)(C)C2)cn1. The summed E-state index contributed by atoms with van der Waals surface area (Å²) < 4.78 is 1.77. The fourth-order valence-corrected chi connectivity index (χ4v) is 2.60. The molecule has 1 aromatic rings. The number of likely N-dealkylation sites (tertiary alicyclic amines) is 1. The zero-order chi connectivity index (χ0) is 14.0. The first kappa shape index (κ1) is 14.1. The van der Waals surface area contributed by atoms with Gasteiger partial charge in [-0.1, -0.05) is 13.8 Å². The van der Waals surface area contributed by atoms with E-state index in [1.807, 2.05) is 24.3 Å². The van der Waals surface area contributed by atoms with Crippen LogP contribution in [0.4, 0.5) is 0 Å². The van der Waals surface area contributed by atoms with E-state index in [-0.39, 0.29) is 17.4 Å². The van der Waals surface area contributed by atoms with Gasteiger partial charge in [-0.3, -0.25) is 9.48 Å². The zero-order valence-electron chi connectivity index (χ0n) is 12.1. The second-order valence-corrected chi connectivity index (χ2v) is 6.22. The average Bonchev–Trinajstić information content (AvgIpc) is 2.75. The van der Waals surface area contributed by atoms with E-state index in [2.05, 4.69) is 18.9 Å². The molecule has 1 aliphatic rings. The quantitative estimate of drug-likeness (QED) is 0.883. The minimum atomic E-state index is 0.0161. The Morgan fingerprint density at radius 3 is 2.89 bits per heavy atom. The Morgan fingerprint density at radius 2 is 2.32 bits per heavy atom. The summed E-state index contributed by atoms with van der Waals surface area (Å²) in [5.74, 6) is 0.226. The van der Waals surface area contributed by atoms with Crippen molar-refractivity contribution in [1.82, 2.24) is 14.7 Å². The highest BCUT2D eigenvalue weighted by Crippen LogP contribution is 2.28. The molecule has 1 saturated heterocycles. The molecule has 1 unspecified atom stereocenters. The fourth-order valence-electron chi connectivity index (χ4n) is 2.60. The molecule has 0 aromatic carbocycles. The number of nitrogens with zero attached hydrogens (tertiary/aromatic N) is 3. The van der Waals surface area contributed by atoms with Crippen LogP contribution in [-0.2, 0) is 18.3 Å². The van der Waals surface area contributed by atoms with Crippen LogP contribution in [0.1, 0.15) is 32.3 Å². The molecule has 2 N–H and O–H groups in total. The second kappa shape index (κ2) is 5.33. The molecule has 5 heteroatoms. The third-order valence-electron chi connectivity index (χ3n) is 4.05. The van der Waals surface area contributed by atoms with E-state index in [0.29, 0.717) is 6.42 Å². The molecule has 1 atom stereocenters. The number of aryl methyl sites for hydroxylation is 2. The Balaban J connectivity index is 1.87. The molecule has 0 bridgehead atoms. The van der Waals surface area contributed by atoms with E-state index >= 15 is 0 Å². The predicted octanol–water partition coefficient (Wildman–Crippen LogP) is 0.939. The van der Waals surface area contributed by atoms with Crippen LogP contribution in [0, 0.1) is 5.41 Å². The van der Waals surface area contributed by atoms with E-state index in [1.165, 1.54) is 0 Å². The van der Waals surface area contributed by atoms with Crippen LogP contribution in [0.2, 0.25) is 0 Å². The smallest absolute Gasteiger partial charge is 0.222 e.